The summed E-state index contributed by atoms with van der Waals surface area (Å²) >= 11 is 7.32. The summed E-state index contributed by atoms with van der Waals surface area (Å²) in [6.07, 6.45) is 0.332. The third kappa shape index (κ3) is 6.56. The molecule has 184 valence electrons. The van der Waals surface area contributed by atoms with Crippen molar-refractivity contribution in [2.75, 3.05) is 5.32 Å². The van der Waals surface area contributed by atoms with Gasteiger partial charge in [-0.3, -0.25) is 14.9 Å². The lowest BCUT2D eigenvalue weighted by atomic mass is 9.86. The highest BCUT2D eigenvalue weighted by atomic mass is 35.5. The van der Waals surface area contributed by atoms with Crippen molar-refractivity contribution in [2.45, 2.75) is 38.6 Å². The van der Waals surface area contributed by atoms with Gasteiger partial charge in [0.15, 0.2) is 0 Å². The zero-order valence-corrected chi connectivity index (χ0v) is 21.9. The van der Waals surface area contributed by atoms with E-state index < -0.39 is 6.04 Å². The highest BCUT2D eigenvalue weighted by molar-refractivity contribution is 7.18. The number of amides is 2. The highest BCUT2D eigenvalue weighted by Crippen LogP contribution is 2.28. The number of carbonyl (C=O) groups is 2. The average Bonchev–Trinajstić information content (AvgIpc) is 3.32. The Hall–Kier alpha value is -3.55. The van der Waals surface area contributed by atoms with Crippen molar-refractivity contribution >= 4 is 39.9 Å². The topological polar surface area (TPSA) is 84.0 Å². The van der Waals surface area contributed by atoms with E-state index in [4.69, 9.17) is 11.6 Å². The van der Waals surface area contributed by atoms with E-state index in [1.165, 1.54) is 11.3 Å². The Morgan fingerprint density at radius 3 is 2.33 bits per heavy atom. The first-order chi connectivity index (χ1) is 17.2. The third-order valence-electron chi connectivity index (χ3n) is 5.64. The van der Waals surface area contributed by atoms with Gasteiger partial charge in [0.05, 0.1) is 0 Å². The molecule has 1 heterocycles. The lowest BCUT2D eigenvalue weighted by Crippen LogP contribution is -2.45. The van der Waals surface area contributed by atoms with E-state index in [2.05, 4.69) is 41.6 Å². The minimum atomic E-state index is -0.805. The summed E-state index contributed by atoms with van der Waals surface area (Å²) in [5.41, 5.74) is 3.35. The van der Waals surface area contributed by atoms with Gasteiger partial charge in [0.25, 0.3) is 5.91 Å². The number of halogens is 1. The van der Waals surface area contributed by atoms with Gasteiger partial charge >= 0.3 is 0 Å². The molecule has 8 heteroatoms. The van der Waals surface area contributed by atoms with E-state index in [-0.39, 0.29) is 17.2 Å². The first-order valence-corrected chi connectivity index (χ1v) is 12.7. The molecule has 1 atom stereocenters. The lowest BCUT2D eigenvalue weighted by Gasteiger charge is -2.20. The largest absolute Gasteiger partial charge is 0.340 e. The van der Waals surface area contributed by atoms with Gasteiger partial charge in [-0.2, -0.15) is 0 Å². The second-order valence-corrected chi connectivity index (χ2v) is 10.9. The monoisotopic (exact) mass is 518 g/mol. The summed E-state index contributed by atoms with van der Waals surface area (Å²) in [7, 11) is 0. The minimum Gasteiger partial charge on any atom is -0.340 e. The molecule has 0 fully saturated rings. The van der Waals surface area contributed by atoms with Gasteiger partial charge in [-0.1, -0.05) is 98.3 Å². The predicted molar refractivity (Wildman–Crippen MR) is 146 cm³/mol. The van der Waals surface area contributed by atoms with Crippen LogP contribution in [0.1, 0.15) is 42.3 Å². The van der Waals surface area contributed by atoms with E-state index in [9.17, 15) is 9.59 Å². The molecule has 0 saturated carbocycles. The van der Waals surface area contributed by atoms with E-state index in [0.717, 1.165) is 16.7 Å². The van der Waals surface area contributed by atoms with Crippen molar-refractivity contribution < 1.29 is 9.59 Å². The van der Waals surface area contributed by atoms with Crippen LogP contribution in [0.15, 0.2) is 78.9 Å². The Morgan fingerprint density at radius 1 is 0.944 bits per heavy atom. The van der Waals surface area contributed by atoms with E-state index in [1.54, 1.807) is 24.3 Å². The molecule has 6 nitrogen and oxygen atoms in total. The molecular weight excluding hydrogens is 492 g/mol. The fraction of sp³-hybridized carbons (Fsp3) is 0.214. The number of carbonyl (C=O) groups excluding carboxylic acids is 2. The van der Waals surface area contributed by atoms with Crippen molar-refractivity contribution in [3.63, 3.8) is 0 Å². The smallest absolute Gasteiger partial charge is 0.251 e. The maximum absolute atomic E-state index is 13.3. The van der Waals surface area contributed by atoms with Crippen molar-refractivity contribution in [1.82, 2.24) is 15.5 Å². The number of nitrogens with zero attached hydrogens (tertiary/aromatic N) is 2. The number of aromatic nitrogens is 2. The van der Waals surface area contributed by atoms with Gasteiger partial charge in [0.1, 0.15) is 11.0 Å². The maximum Gasteiger partial charge on any atom is 0.251 e. The van der Waals surface area contributed by atoms with Crippen molar-refractivity contribution in [3.8, 4) is 10.6 Å². The number of hydrogen-bond acceptors (Lipinski definition) is 5. The van der Waals surface area contributed by atoms with Crippen molar-refractivity contribution in [3.05, 3.63) is 101 Å². The summed E-state index contributed by atoms with van der Waals surface area (Å²) in [5.74, 6) is -0.685. The molecule has 0 aliphatic carbocycles. The number of anilines is 1. The molecule has 36 heavy (non-hydrogen) atoms. The van der Waals surface area contributed by atoms with Crippen LogP contribution in [-0.2, 0) is 16.6 Å². The number of rotatable bonds is 7. The van der Waals surface area contributed by atoms with Crippen molar-refractivity contribution in [1.29, 1.82) is 0 Å². The Kier molecular flexibility index (Phi) is 7.82. The van der Waals surface area contributed by atoms with Crippen molar-refractivity contribution in [2.24, 2.45) is 0 Å². The van der Waals surface area contributed by atoms with Gasteiger partial charge < -0.3 is 5.32 Å². The molecule has 0 radical (unpaired) electrons. The lowest BCUT2D eigenvalue weighted by molar-refractivity contribution is -0.118. The van der Waals surface area contributed by atoms with Crippen LogP contribution in [0.5, 0.6) is 0 Å². The van der Waals surface area contributed by atoms with Gasteiger partial charge in [0.2, 0.25) is 11.0 Å². The molecule has 2 amide bonds. The minimum absolute atomic E-state index is 0.0174. The summed E-state index contributed by atoms with van der Waals surface area (Å²) < 4.78 is 0. The Bertz CT molecular complexity index is 1350. The summed E-state index contributed by atoms with van der Waals surface area (Å²) in [4.78, 5) is 26.3. The number of nitrogens with one attached hydrogen (secondary N) is 2. The normalized spacial score (nSPS) is 12.1. The zero-order chi connectivity index (χ0) is 25.7. The molecule has 2 N–H and O–H groups in total. The molecule has 1 unspecified atom stereocenters. The number of hydrogen-bond donors (Lipinski definition) is 2. The SMILES string of the molecule is CC(C)(C)c1ccc(C(=O)NC(Cc2ccccc2)C(=O)Nc2nnc(-c3cccc(Cl)c3)s2)cc1. The maximum atomic E-state index is 13.3. The molecule has 0 saturated heterocycles. The fourth-order valence-electron chi connectivity index (χ4n) is 3.63. The molecule has 0 spiro atoms. The zero-order valence-electron chi connectivity index (χ0n) is 20.3. The van der Waals surface area contributed by atoms with Gasteiger partial charge in [-0.25, -0.2) is 0 Å². The van der Waals surface area contributed by atoms with Crippen LogP contribution >= 0.6 is 22.9 Å². The summed E-state index contributed by atoms with van der Waals surface area (Å²) in [6.45, 7) is 6.36. The molecule has 0 aliphatic heterocycles. The Labute approximate surface area is 219 Å². The van der Waals surface area contributed by atoms with Gasteiger partial charge in [0, 0.05) is 22.6 Å². The fourth-order valence-corrected chi connectivity index (χ4v) is 4.56. The van der Waals surface area contributed by atoms with E-state index in [1.807, 2.05) is 54.6 Å². The predicted octanol–water partition coefficient (Wildman–Crippen LogP) is 6.14. The van der Waals surface area contributed by atoms with Crippen LogP contribution in [0, 0.1) is 0 Å². The third-order valence-corrected chi connectivity index (χ3v) is 6.77. The molecule has 1 aromatic heterocycles. The number of benzene rings is 3. The average molecular weight is 519 g/mol. The quantitative estimate of drug-likeness (QED) is 0.308. The van der Waals surface area contributed by atoms with E-state index >= 15 is 0 Å². The van der Waals surface area contributed by atoms with Crippen LogP contribution in [0.3, 0.4) is 0 Å². The molecule has 0 bridgehead atoms. The second-order valence-electron chi connectivity index (χ2n) is 9.46. The summed E-state index contributed by atoms with van der Waals surface area (Å²) in [6, 6.07) is 23.5. The Morgan fingerprint density at radius 2 is 1.67 bits per heavy atom. The van der Waals surface area contributed by atoms with Gasteiger partial charge in [-0.15, -0.1) is 10.2 Å². The van der Waals surface area contributed by atoms with E-state index in [0.29, 0.717) is 27.1 Å². The van der Waals surface area contributed by atoms with Crippen LogP contribution < -0.4 is 10.6 Å². The highest BCUT2D eigenvalue weighted by Gasteiger charge is 2.24. The van der Waals surface area contributed by atoms with Crippen LogP contribution in [0.2, 0.25) is 5.02 Å². The molecule has 3 aromatic carbocycles. The van der Waals surface area contributed by atoms with Gasteiger partial charge in [-0.05, 0) is 40.8 Å². The van der Waals surface area contributed by atoms with Crippen LogP contribution in [0.4, 0.5) is 5.13 Å². The van der Waals surface area contributed by atoms with Crippen LogP contribution in [-0.4, -0.2) is 28.1 Å². The Balaban J connectivity index is 1.51. The first kappa shape index (κ1) is 25.5. The molecular formula is C28H27ClN4O2S. The molecule has 4 aromatic rings. The van der Waals surface area contributed by atoms with Crippen LogP contribution in [0.25, 0.3) is 10.6 Å². The first-order valence-electron chi connectivity index (χ1n) is 11.5. The molecule has 0 aliphatic rings. The molecule has 4 rings (SSSR count). The summed E-state index contributed by atoms with van der Waals surface area (Å²) in [5, 5.41) is 15.5. The second kappa shape index (κ2) is 11.0. The standard InChI is InChI=1S/C28H27ClN4O2S/c1-28(2,3)21-14-12-19(13-15-21)24(34)30-23(16-18-8-5-4-6-9-18)25(35)31-27-33-32-26(36-27)20-10-7-11-22(29)17-20/h4-15,17,23H,16H2,1-3H3,(H,30,34)(H,31,33,35).